The standard InChI is InChI=1S/C24H27ClN2O2/c1-15-12-23(9-8-21(15)28-2)13-18-7-6-17(16-4-3-5-19(25)10-16)11-20(18)24(23)14-29-22(26)27-24/h3-7,10-11,15,21H,8-9,12-14H2,1-2H3,(H2,26,27)/t15-,21-,23-,24-/m0/s1/i14D2. The fourth-order valence-corrected chi connectivity index (χ4v) is 5.95. The Labute approximate surface area is 179 Å². The molecule has 4 nitrogen and oxygen atoms in total. The number of fused-ring (bicyclic) bond motifs is 3. The molecule has 0 unspecified atom stereocenters. The maximum absolute atomic E-state index is 8.92. The summed E-state index contributed by atoms with van der Waals surface area (Å²) in [6.07, 6.45) is 3.38. The van der Waals surface area contributed by atoms with E-state index in [-0.39, 0.29) is 18.0 Å². The van der Waals surface area contributed by atoms with E-state index in [1.807, 2.05) is 24.3 Å². The molecular weight excluding hydrogens is 384 g/mol. The van der Waals surface area contributed by atoms with Gasteiger partial charge in [-0.15, -0.1) is 0 Å². The minimum Gasteiger partial charge on any atom is -0.462 e. The van der Waals surface area contributed by atoms with Crippen LogP contribution < -0.4 is 5.73 Å². The van der Waals surface area contributed by atoms with Crippen molar-refractivity contribution in [3.63, 3.8) is 0 Å². The summed E-state index contributed by atoms with van der Waals surface area (Å²) in [6, 6.07) is 13.9. The van der Waals surface area contributed by atoms with Gasteiger partial charge in [0.05, 0.1) is 8.85 Å². The van der Waals surface area contributed by atoms with Gasteiger partial charge in [-0.05, 0) is 72.1 Å². The van der Waals surface area contributed by atoms with Gasteiger partial charge in [-0.1, -0.05) is 42.8 Å². The van der Waals surface area contributed by atoms with Crippen LogP contribution in [0.1, 0.15) is 40.1 Å². The lowest BCUT2D eigenvalue weighted by Crippen LogP contribution is -2.48. The van der Waals surface area contributed by atoms with Crippen LogP contribution in [0.4, 0.5) is 0 Å². The number of methoxy groups -OCH3 is 1. The van der Waals surface area contributed by atoms with Crippen molar-refractivity contribution in [2.45, 2.75) is 44.2 Å². The number of benzene rings is 2. The van der Waals surface area contributed by atoms with E-state index in [9.17, 15) is 0 Å². The molecule has 1 saturated carbocycles. The Hall–Kier alpha value is -2.04. The minimum atomic E-state index is -2.03. The molecule has 0 bridgehead atoms. The van der Waals surface area contributed by atoms with Crippen molar-refractivity contribution < 1.29 is 12.2 Å². The summed E-state index contributed by atoms with van der Waals surface area (Å²) >= 11 is 6.23. The summed E-state index contributed by atoms with van der Waals surface area (Å²) in [5.74, 6) is 0.283. The predicted molar refractivity (Wildman–Crippen MR) is 116 cm³/mol. The molecule has 152 valence electrons. The first-order valence-corrected chi connectivity index (χ1v) is 10.6. The Morgan fingerprint density at radius 1 is 1.28 bits per heavy atom. The number of hydrogen-bond acceptors (Lipinski definition) is 4. The van der Waals surface area contributed by atoms with Gasteiger partial charge >= 0.3 is 0 Å². The van der Waals surface area contributed by atoms with Crippen LogP contribution >= 0.6 is 11.6 Å². The first-order chi connectivity index (χ1) is 14.7. The fraction of sp³-hybridized carbons (Fsp3) is 0.458. The van der Waals surface area contributed by atoms with Gasteiger partial charge in [-0.25, -0.2) is 4.99 Å². The van der Waals surface area contributed by atoms with Crippen LogP contribution in [0.25, 0.3) is 11.1 Å². The van der Waals surface area contributed by atoms with Crippen molar-refractivity contribution in [1.82, 2.24) is 0 Å². The van der Waals surface area contributed by atoms with Gasteiger partial charge in [0, 0.05) is 17.5 Å². The smallest absolute Gasteiger partial charge is 0.283 e. The van der Waals surface area contributed by atoms with Crippen LogP contribution in [0.5, 0.6) is 0 Å². The predicted octanol–water partition coefficient (Wildman–Crippen LogP) is 4.92. The molecule has 0 amide bonds. The van der Waals surface area contributed by atoms with Gasteiger partial charge in [0.1, 0.15) is 12.1 Å². The molecule has 5 heteroatoms. The summed E-state index contributed by atoms with van der Waals surface area (Å²) in [7, 11) is 1.75. The second kappa shape index (κ2) is 6.75. The van der Waals surface area contributed by atoms with Crippen molar-refractivity contribution >= 4 is 17.6 Å². The largest absolute Gasteiger partial charge is 0.462 e. The molecule has 1 aliphatic heterocycles. The molecule has 1 heterocycles. The zero-order valence-electron chi connectivity index (χ0n) is 18.7. The van der Waals surface area contributed by atoms with Crippen molar-refractivity contribution in [2.24, 2.45) is 22.1 Å². The highest BCUT2D eigenvalue weighted by Gasteiger charge is 2.62. The lowest BCUT2D eigenvalue weighted by Gasteiger charge is -2.47. The molecule has 5 rings (SSSR count). The van der Waals surface area contributed by atoms with Crippen LogP contribution in [-0.4, -0.2) is 25.8 Å². The molecule has 29 heavy (non-hydrogen) atoms. The monoisotopic (exact) mass is 412 g/mol. The third-order valence-corrected chi connectivity index (χ3v) is 7.33. The number of amidine groups is 1. The minimum absolute atomic E-state index is 0.0769. The van der Waals surface area contributed by atoms with E-state index in [1.165, 1.54) is 0 Å². The number of aliphatic imine (C=N–C) groups is 1. The van der Waals surface area contributed by atoms with Crippen molar-refractivity contribution in [2.75, 3.05) is 13.7 Å². The van der Waals surface area contributed by atoms with Crippen molar-refractivity contribution in [3.8, 4) is 11.1 Å². The van der Waals surface area contributed by atoms with Crippen LogP contribution in [0.2, 0.25) is 5.02 Å². The fourth-order valence-electron chi connectivity index (χ4n) is 5.76. The first kappa shape index (κ1) is 16.7. The second-order valence-electron chi connectivity index (χ2n) is 8.70. The maximum Gasteiger partial charge on any atom is 0.283 e. The van der Waals surface area contributed by atoms with Crippen LogP contribution in [-0.2, 0) is 21.4 Å². The molecular formula is C24H27ClN2O2. The zero-order chi connectivity index (χ0) is 22.0. The molecule has 2 aliphatic carbocycles. The van der Waals surface area contributed by atoms with E-state index >= 15 is 0 Å². The maximum atomic E-state index is 8.92. The topological polar surface area (TPSA) is 56.8 Å². The number of hydrogen-bond donors (Lipinski definition) is 1. The lowest BCUT2D eigenvalue weighted by atomic mass is 9.59. The Balaban J connectivity index is 1.70. The third kappa shape index (κ3) is 2.80. The Morgan fingerprint density at radius 3 is 2.79 bits per heavy atom. The van der Waals surface area contributed by atoms with Crippen molar-refractivity contribution in [1.29, 1.82) is 0 Å². The van der Waals surface area contributed by atoms with Crippen molar-refractivity contribution in [3.05, 3.63) is 58.6 Å². The average Bonchev–Trinajstić information content (AvgIpc) is 3.12. The first-order valence-electron chi connectivity index (χ1n) is 11.2. The van der Waals surface area contributed by atoms with Gasteiger partial charge in [0.25, 0.3) is 6.02 Å². The Bertz CT molecular complexity index is 1080. The zero-order valence-corrected chi connectivity index (χ0v) is 17.5. The Kier molecular flexibility index (Phi) is 3.89. The summed E-state index contributed by atoms with van der Waals surface area (Å²) < 4.78 is 29.1. The summed E-state index contributed by atoms with van der Waals surface area (Å²) in [5.41, 5.74) is 8.37. The van der Waals surface area contributed by atoms with Gasteiger partial charge in [0.2, 0.25) is 0 Å². The molecule has 3 aliphatic rings. The summed E-state index contributed by atoms with van der Waals surface area (Å²) in [5, 5.41) is 0.665. The number of halogens is 1. The summed E-state index contributed by atoms with van der Waals surface area (Å²) in [6.45, 7) is 0.149. The lowest BCUT2D eigenvalue weighted by molar-refractivity contribution is -0.0445. The van der Waals surface area contributed by atoms with E-state index in [0.29, 0.717) is 5.02 Å². The molecule has 1 fully saturated rings. The van der Waals surface area contributed by atoms with Gasteiger partial charge in [-0.2, -0.15) is 0 Å². The van der Waals surface area contributed by atoms with E-state index in [0.717, 1.165) is 47.9 Å². The normalized spacial score (nSPS) is 35.8. The van der Waals surface area contributed by atoms with Gasteiger partial charge in [0.15, 0.2) is 0 Å². The highest BCUT2D eigenvalue weighted by molar-refractivity contribution is 6.30. The highest BCUT2D eigenvalue weighted by Crippen LogP contribution is 2.62. The molecule has 4 atom stereocenters. The van der Waals surface area contributed by atoms with E-state index in [1.54, 1.807) is 7.11 Å². The van der Waals surface area contributed by atoms with E-state index in [2.05, 4.69) is 25.1 Å². The highest BCUT2D eigenvalue weighted by atomic mass is 35.5. The SMILES string of the molecule is [2H]C1([2H])OC(N)=N[C@]12c1cc(-c3cccc(Cl)c3)ccc1C[C@@]21CC[C@H](OC)[C@@H](C)C1. The number of rotatable bonds is 2. The van der Waals surface area contributed by atoms with Gasteiger partial charge < -0.3 is 15.2 Å². The average molecular weight is 413 g/mol. The molecule has 0 aromatic heterocycles. The molecule has 2 spiro atoms. The molecule has 2 aromatic rings. The molecule has 0 radical (unpaired) electrons. The number of nitrogens with two attached hydrogens (primary N) is 1. The van der Waals surface area contributed by atoms with Crippen LogP contribution in [0.15, 0.2) is 47.5 Å². The third-order valence-electron chi connectivity index (χ3n) is 7.09. The van der Waals surface area contributed by atoms with E-state index in [4.69, 9.17) is 34.5 Å². The second-order valence-corrected chi connectivity index (χ2v) is 9.13. The molecule has 0 saturated heterocycles. The molecule has 2 N–H and O–H groups in total. The number of nitrogens with zero attached hydrogens (tertiary/aromatic N) is 1. The van der Waals surface area contributed by atoms with E-state index < -0.39 is 17.5 Å². The van der Waals surface area contributed by atoms with Crippen LogP contribution in [0, 0.1) is 11.3 Å². The molecule has 2 aromatic carbocycles. The Morgan fingerprint density at radius 2 is 2.10 bits per heavy atom. The van der Waals surface area contributed by atoms with Crippen LogP contribution in [0.3, 0.4) is 0 Å². The number of ether oxygens (including phenoxy) is 2. The van der Waals surface area contributed by atoms with Gasteiger partial charge in [-0.3, -0.25) is 0 Å². The summed E-state index contributed by atoms with van der Waals surface area (Å²) in [4.78, 5) is 4.76. The quantitative estimate of drug-likeness (QED) is 0.761.